The summed E-state index contributed by atoms with van der Waals surface area (Å²) >= 11 is 0. The van der Waals surface area contributed by atoms with Gasteiger partial charge in [0, 0.05) is 59.7 Å². The molecule has 2 aromatic heterocycles. The summed E-state index contributed by atoms with van der Waals surface area (Å²) in [4.78, 5) is 0. The lowest BCUT2D eigenvalue weighted by Gasteiger charge is -2.09. The molecule has 2 heteroatoms. The predicted octanol–water partition coefficient (Wildman–Crippen LogP) is 8.91. The van der Waals surface area contributed by atoms with Crippen molar-refractivity contribution < 1.29 is 9.13 Å². The van der Waals surface area contributed by atoms with Crippen LogP contribution in [0.2, 0.25) is 0 Å². The van der Waals surface area contributed by atoms with Crippen molar-refractivity contribution >= 4 is 0 Å². The Morgan fingerprint density at radius 1 is 0.262 bits per heavy atom. The first-order chi connectivity index (χ1) is 20.8. The first-order valence-corrected chi connectivity index (χ1v) is 14.3. The number of hydrogen-bond donors (Lipinski definition) is 0. The third-order valence-corrected chi connectivity index (χ3v) is 7.67. The summed E-state index contributed by atoms with van der Waals surface area (Å²) in [6, 6.07) is 60.1. The van der Waals surface area contributed by atoms with Gasteiger partial charge >= 0.3 is 0 Å². The van der Waals surface area contributed by atoms with E-state index in [0.29, 0.717) is 0 Å². The number of pyridine rings is 2. The molecule has 2 nitrogen and oxygen atoms in total. The largest absolute Gasteiger partial charge is 0.219 e. The molecule has 0 saturated carbocycles. The third kappa shape index (κ3) is 5.14. The zero-order valence-electron chi connectivity index (χ0n) is 23.2. The van der Waals surface area contributed by atoms with Crippen molar-refractivity contribution in [1.29, 1.82) is 0 Å². The van der Waals surface area contributed by atoms with E-state index in [0.717, 1.165) is 22.8 Å². The van der Waals surface area contributed by atoms with E-state index in [1.165, 1.54) is 33.4 Å². The topological polar surface area (TPSA) is 7.76 Å². The van der Waals surface area contributed by atoms with Crippen molar-refractivity contribution in [3.63, 3.8) is 0 Å². The van der Waals surface area contributed by atoms with Crippen LogP contribution >= 0.6 is 0 Å². The molecule has 0 aliphatic heterocycles. The van der Waals surface area contributed by atoms with Crippen molar-refractivity contribution in [3.8, 4) is 56.1 Å². The van der Waals surface area contributed by atoms with Crippen molar-refractivity contribution in [1.82, 2.24) is 0 Å². The van der Waals surface area contributed by atoms with Crippen LogP contribution in [0.3, 0.4) is 0 Å². The van der Waals surface area contributed by atoms with Gasteiger partial charge in [-0.3, -0.25) is 0 Å². The van der Waals surface area contributed by atoms with E-state index in [4.69, 9.17) is 0 Å². The highest BCUT2D eigenvalue weighted by molar-refractivity contribution is 5.70. The number of hydrogen-bond acceptors (Lipinski definition) is 0. The summed E-state index contributed by atoms with van der Waals surface area (Å²) in [7, 11) is 0. The molecule has 0 radical (unpaired) electrons. The number of rotatable bonds is 6. The first kappa shape index (κ1) is 25.4. The Hall–Kier alpha value is -5.60. The number of aromatic nitrogens is 2. The lowest BCUT2D eigenvalue weighted by Crippen LogP contribution is -2.35. The van der Waals surface area contributed by atoms with E-state index < -0.39 is 0 Å². The van der Waals surface area contributed by atoms with Gasteiger partial charge in [-0.25, -0.2) is 0 Å². The van der Waals surface area contributed by atoms with Crippen LogP contribution in [0.4, 0.5) is 0 Å². The molecule has 0 amide bonds. The third-order valence-electron chi connectivity index (χ3n) is 7.67. The van der Waals surface area contributed by atoms with E-state index in [1.54, 1.807) is 0 Å². The van der Waals surface area contributed by atoms with Gasteiger partial charge in [0.15, 0.2) is 12.4 Å². The average molecular weight is 539 g/mol. The molecule has 0 atom stereocenters. The van der Waals surface area contributed by atoms with Gasteiger partial charge in [-0.1, -0.05) is 97.1 Å². The lowest BCUT2D eigenvalue weighted by molar-refractivity contribution is -0.587. The summed E-state index contributed by atoms with van der Waals surface area (Å²) < 4.78 is 4.54. The van der Waals surface area contributed by atoms with Crippen LogP contribution in [0.5, 0.6) is 0 Å². The van der Waals surface area contributed by atoms with Gasteiger partial charge in [0.1, 0.15) is 0 Å². The molecule has 42 heavy (non-hydrogen) atoms. The van der Waals surface area contributed by atoms with Gasteiger partial charge in [-0.2, -0.15) is 9.13 Å². The van der Waals surface area contributed by atoms with E-state index in [2.05, 4.69) is 191 Å². The second kappa shape index (κ2) is 11.5. The van der Waals surface area contributed by atoms with Crippen molar-refractivity contribution in [2.24, 2.45) is 0 Å². The first-order valence-electron chi connectivity index (χ1n) is 14.3. The molecule has 0 spiro atoms. The maximum Gasteiger partial charge on any atom is 0.219 e. The average Bonchev–Trinajstić information content (AvgIpc) is 3.09. The smallest absolute Gasteiger partial charge is 0.160 e. The zero-order valence-corrected chi connectivity index (χ0v) is 23.2. The van der Waals surface area contributed by atoms with Crippen molar-refractivity contribution in [2.75, 3.05) is 0 Å². The fourth-order valence-corrected chi connectivity index (χ4v) is 5.51. The predicted molar refractivity (Wildman–Crippen MR) is 171 cm³/mol. The van der Waals surface area contributed by atoms with E-state index in [9.17, 15) is 0 Å². The molecule has 7 rings (SSSR count). The maximum atomic E-state index is 2.28. The summed E-state index contributed by atoms with van der Waals surface area (Å²) in [6.45, 7) is 0. The summed E-state index contributed by atoms with van der Waals surface area (Å²) in [6.07, 6.45) is 4.35. The Morgan fingerprint density at radius 2 is 0.571 bits per heavy atom. The Balaban J connectivity index is 1.31. The molecule has 0 unspecified atom stereocenters. The highest BCUT2D eigenvalue weighted by Crippen LogP contribution is 2.26. The minimum Gasteiger partial charge on any atom is -0.160 e. The van der Waals surface area contributed by atoms with Gasteiger partial charge < -0.3 is 0 Å². The Morgan fingerprint density at radius 3 is 0.905 bits per heavy atom. The quantitative estimate of drug-likeness (QED) is 0.187. The normalized spacial score (nSPS) is 10.9. The number of benzene rings is 5. The van der Waals surface area contributed by atoms with E-state index >= 15 is 0 Å². The molecular weight excluding hydrogens is 508 g/mol. The minimum atomic E-state index is 1.11. The van der Waals surface area contributed by atoms with Crippen molar-refractivity contribution in [2.45, 2.75) is 0 Å². The molecule has 2 heterocycles. The zero-order chi connectivity index (χ0) is 28.1. The molecule has 0 aliphatic rings. The Kier molecular flexibility index (Phi) is 6.94. The van der Waals surface area contributed by atoms with Crippen LogP contribution in [0, 0.1) is 0 Å². The van der Waals surface area contributed by atoms with Crippen LogP contribution in [0.25, 0.3) is 56.1 Å². The van der Waals surface area contributed by atoms with Gasteiger partial charge in [-0.05, 0) is 46.5 Å². The monoisotopic (exact) mass is 538 g/mol. The highest BCUT2D eigenvalue weighted by Gasteiger charge is 2.21. The Labute approximate surface area is 247 Å². The summed E-state index contributed by atoms with van der Waals surface area (Å²) in [5.74, 6) is 0. The van der Waals surface area contributed by atoms with Crippen LogP contribution in [0.1, 0.15) is 0 Å². The molecule has 198 valence electrons. The minimum absolute atomic E-state index is 1.11. The lowest BCUT2D eigenvalue weighted by atomic mass is 10.0. The molecule has 0 aliphatic carbocycles. The van der Waals surface area contributed by atoms with Crippen LogP contribution in [-0.2, 0) is 0 Å². The second-order valence-corrected chi connectivity index (χ2v) is 10.3. The van der Waals surface area contributed by atoms with Gasteiger partial charge in [0.05, 0.1) is 0 Å². The second-order valence-electron chi connectivity index (χ2n) is 10.3. The van der Waals surface area contributed by atoms with Crippen LogP contribution in [0.15, 0.2) is 182 Å². The molecule has 0 saturated heterocycles. The standard InChI is InChI=1S/C40H30N2/c1-5-13-31(14-6-1)35-25-27-41(39(29-35)33-17-9-3-10-18-33)37-21-23-38(24-22-37)42-28-26-36(32-15-7-2-8-16-32)30-40(42)34-19-11-4-12-20-34/h1-30H/q+2. The summed E-state index contributed by atoms with van der Waals surface area (Å²) in [5.41, 5.74) is 11.7. The molecule has 5 aromatic carbocycles. The molecule has 0 N–H and O–H groups in total. The fraction of sp³-hybridized carbons (Fsp3) is 0. The fourth-order valence-electron chi connectivity index (χ4n) is 5.51. The Bertz CT molecular complexity index is 1790. The molecular formula is C40H30N2+2. The molecule has 0 bridgehead atoms. The summed E-state index contributed by atoms with van der Waals surface area (Å²) in [5, 5.41) is 0. The van der Waals surface area contributed by atoms with E-state index in [-0.39, 0.29) is 0 Å². The van der Waals surface area contributed by atoms with Gasteiger partial charge in [0.2, 0.25) is 22.8 Å². The van der Waals surface area contributed by atoms with Crippen LogP contribution in [-0.4, -0.2) is 0 Å². The van der Waals surface area contributed by atoms with Gasteiger partial charge in [-0.15, -0.1) is 0 Å². The SMILES string of the molecule is c1ccc(-c2cc[n+](-c3ccc(-[n+]4ccc(-c5ccccc5)cc4-c4ccccc4)cc3)c(-c3ccccc3)c2)cc1. The van der Waals surface area contributed by atoms with Crippen LogP contribution < -0.4 is 9.13 Å². The highest BCUT2D eigenvalue weighted by atomic mass is 15.0. The number of nitrogens with zero attached hydrogens (tertiary/aromatic N) is 2. The van der Waals surface area contributed by atoms with E-state index in [1.807, 2.05) is 0 Å². The van der Waals surface area contributed by atoms with Gasteiger partial charge in [0.25, 0.3) is 0 Å². The van der Waals surface area contributed by atoms with Crippen molar-refractivity contribution in [3.05, 3.63) is 182 Å². The molecule has 0 fully saturated rings. The molecule has 7 aromatic rings. The maximum absolute atomic E-state index is 2.28.